The molecule has 1 aromatic rings. The van der Waals surface area contributed by atoms with Gasteiger partial charge in [0.1, 0.15) is 19.9 Å². The third-order valence-electron chi connectivity index (χ3n) is 7.45. The number of likely N-dealkylation sites (tertiary alicyclic amines) is 1. The molecule has 3 heterocycles. The molecule has 0 radical (unpaired) electrons. The lowest BCUT2D eigenvalue weighted by Crippen LogP contribution is -2.48. The Hall–Kier alpha value is -3.42. The van der Waals surface area contributed by atoms with Crippen LogP contribution in [0.4, 0.5) is 0 Å². The van der Waals surface area contributed by atoms with Gasteiger partial charge in [0.2, 0.25) is 0 Å². The van der Waals surface area contributed by atoms with Crippen molar-refractivity contribution in [3.63, 3.8) is 0 Å². The van der Waals surface area contributed by atoms with E-state index in [1.807, 2.05) is 25.8 Å². The van der Waals surface area contributed by atoms with E-state index in [0.717, 1.165) is 56.3 Å². The van der Waals surface area contributed by atoms with E-state index < -0.39 is 0 Å². The van der Waals surface area contributed by atoms with Crippen molar-refractivity contribution in [2.75, 3.05) is 40.8 Å². The van der Waals surface area contributed by atoms with Crippen LogP contribution in [0.25, 0.3) is 0 Å². The van der Waals surface area contributed by atoms with Crippen LogP contribution in [0.15, 0.2) is 69.5 Å². The fourth-order valence-electron chi connectivity index (χ4n) is 5.09. The number of piperidine rings is 1. The first kappa shape index (κ1) is 26.6. The van der Waals surface area contributed by atoms with Crippen LogP contribution >= 0.6 is 0 Å². The lowest BCUT2D eigenvalue weighted by molar-refractivity contribution is -0.464. The normalized spacial score (nSPS) is 20.3. The Balaban J connectivity index is 1.51. The summed E-state index contributed by atoms with van der Waals surface area (Å²) in [5.74, 6) is 2.57. The molecule has 2 N–H and O–H groups in total. The molecule has 0 spiro atoms. The summed E-state index contributed by atoms with van der Waals surface area (Å²) in [6, 6.07) is 4.59. The molecule has 1 saturated heterocycles. The number of allylic oxidation sites excluding steroid dienone is 4. The summed E-state index contributed by atoms with van der Waals surface area (Å²) in [6.07, 6.45) is 14.4. The van der Waals surface area contributed by atoms with Gasteiger partial charge in [0.05, 0.1) is 25.0 Å². The van der Waals surface area contributed by atoms with Crippen molar-refractivity contribution in [1.29, 1.82) is 0 Å². The first-order valence-corrected chi connectivity index (χ1v) is 13.4. The molecule has 1 aliphatic carbocycles. The predicted octanol–water partition coefficient (Wildman–Crippen LogP) is 3.37. The SMILES string of the molecule is CN=C(NC(NC1=C(C)C=CC(=[N+](C)C)C1)=C1CN=CN1C(C)C)N1CCC(Cc2ccncc2)CC1. The number of rotatable bonds is 6. The summed E-state index contributed by atoms with van der Waals surface area (Å²) >= 11 is 0. The van der Waals surface area contributed by atoms with Crippen molar-refractivity contribution < 1.29 is 4.58 Å². The molecule has 8 nitrogen and oxygen atoms in total. The third kappa shape index (κ3) is 6.67. The highest BCUT2D eigenvalue weighted by molar-refractivity contribution is 5.94. The van der Waals surface area contributed by atoms with Gasteiger partial charge in [0.25, 0.3) is 0 Å². The second-order valence-corrected chi connectivity index (χ2v) is 10.6. The van der Waals surface area contributed by atoms with E-state index in [2.05, 4.69) is 94.1 Å². The molecule has 0 saturated carbocycles. The lowest BCUT2D eigenvalue weighted by Gasteiger charge is -2.35. The second kappa shape index (κ2) is 12.2. The molecular weight excluding hydrogens is 460 g/mol. The first-order chi connectivity index (χ1) is 17.9. The molecule has 0 aromatic carbocycles. The fraction of sp³-hybridized carbons (Fsp3) is 0.517. The minimum absolute atomic E-state index is 0.316. The van der Waals surface area contributed by atoms with Crippen LogP contribution in [0.3, 0.4) is 0 Å². The third-order valence-corrected chi connectivity index (χ3v) is 7.45. The summed E-state index contributed by atoms with van der Waals surface area (Å²) in [5, 5.41) is 7.49. The van der Waals surface area contributed by atoms with E-state index in [1.54, 1.807) is 0 Å². The van der Waals surface area contributed by atoms with E-state index >= 15 is 0 Å². The molecule has 0 atom stereocenters. The van der Waals surface area contributed by atoms with Crippen molar-refractivity contribution in [3.8, 4) is 0 Å². The van der Waals surface area contributed by atoms with Gasteiger partial charge in [0.15, 0.2) is 11.7 Å². The number of aromatic nitrogens is 1. The molecule has 2 aliphatic heterocycles. The zero-order chi connectivity index (χ0) is 26.4. The molecule has 1 aromatic heterocycles. The molecule has 1 fully saturated rings. The summed E-state index contributed by atoms with van der Waals surface area (Å²) in [4.78, 5) is 18.1. The number of nitrogens with zero attached hydrogens (tertiary/aromatic N) is 6. The maximum Gasteiger partial charge on any atom is 0.199 e. The Bertz CT molecular complexity index is 1130. The Morgan fingerprint density at radius 3 is 2.54 bits per heavy atom. The van der Waals surface area contributed by atoms with Crippen molar-refractivity contribution in [3.05, 3.63) is 65.0 Å². The summed E-state index contributed by atoms with van der Waals surface area (Å²) in [5.41, 5.74) is 6.24. The van der Waals surface area contributed by atoms with Crippen LogP contribution in [0.2, 0.25) is 0 Å². The Kier molecular flexibility index (Phi) is 8.79. The molecule has 8 heteroatoms. The number of hydrogen-bond donors (Lipinski definition) is 2. The van der Waals surface area contributed by atoms with Crippen molar-refractivity contribution in [2.24, 2.45) is 15.9 Å². The molecule has 198 valence electrons. The first-order valence-electron chi connectivity index (χ1n) is 13.4. The number of aliphatic imine (C=N–C) groups is 2. The van der Waals surface area contributed by atoms with Crippen molar-refractivity contribution >= 4 is 18.0 Å². The summed E-state index contributed by atoms with van der Waals surface area (Å²) in [7, 11) is 6.08. The maximum atomic E-state index is 4.70. The van der Waals surface area contributed by atoms with Crippen molar-refractivity contribution in [1.82, 2.24) is 25.4 Å². The number of pyridine rings is 1. The van der Waals surface area contributed by atoms with Gasteiger partial charge in [-0.05, 0) is 69.2 Å². The molecule has 3 aliphatic rings. The zero-order valence-electron chi connectivity index (χ0n) is 23.3. The molecule has 0 unspecified atom stereocenters. The highest BCUT2D eigenvalue weighted by Gasteiger charge is 2.27. The molecule has 4 rings (SSSR count). The maximum absolute atomic E-state index is 4.70. The topological polar surface area (TPSA) is 71.2 Å². The minimum atomic E-state index is 0.316. The highest BCUT2D eigenvalue weighted by Crippen LogP contribution is 2.23. The van der Waals surface area contributed by atoms with E-state index in [9.17, 15) is 0 Å². The average molecular weight is 504 g/mol. The number of nitrogens with one attached hydrogen (secondary N) is 2. The Morgan fingerprint density at radius 1 is 1.16 bits per heavy atom. The van der Waals surface area contributed by atoms with Gasteiger partial charge in [0, 0.05) is 50.3 Å². The van der Waals surface area contributed by atoms with Gasteiger partial charge >= 0.3 is 0 Å². The van der Waals surface area contributed by atoms with Gasteiger partial charge in [-0.15, -0.1) is 0 Å². The summed E-state index contributed by atoms with van der Waals surface area (Å²) < 4.78 is 2.18. The average Bonchev–Trinajstić information content (AvgIpc) is 3.39. The quantitative estimate of drug-likeness (QED) is 0.354. The van der Waals surface area contributed by atoms with Crippen LogP contribution in [-0.2, 0) is 6.42 Å². The molecule has 37 heavy (non-hydrogen) atoms. The van der Waals surface area contributed by atoms with E-state index in [1.165, 1.54) is 22.5 Å². The van der Waals surface area contributed by atoms with Gasteiger partial charge in [-0.25, -0.2) is 4.58 Å². The van der Waals surface area contributed by atoms with Crippen LogP contribution < -0.4 is 10.6 Å². The minimum Gasteiger partial charge on any atom is -0.343 e. The zero-order valence-corrected chi connectivity index (χ0v) is 23.3. The lowest BCUT2D eigenvalue weighted by atomic mass is 9.90. The van der Waals surface area contributed by atoms with Crippen LogP contribution in [0.5, 0.6) is 0 Å². The number of hydrogen-bond acceptors (Lipinski definition) is 5. The van der Waals surface area contributed by atoms with Gasteiger partial charge in [-0.3, -0.25) is 15.0 Å². The van der Waals surface area contributed by atoms with Crippen LogP contribution in [0.1, 0.15) is 45.6 Å². The van der Waals surface area contributed by atoms with E-state index in [4.69, 9.17) is 4.99 Å². The standard InChI is InChI=1S/C29H42N8/c1-21(2)37-20-32-19-27(37)28(33-26-18-25(35(5)6)8-7-22(26)3)34-29(30-4)36-15-11-24(12-16-36)17-23-9-13-31-14-10-23/h7-10,13-14,20-21,24H,11-12,15-19H2,1-6H3,(H,30,34)/p+1. The smallest absolute Gasteiger partial charge is 0.199 e. The molecule has 0 bridgehead atoms. The monoisotopic (exact) mass is 503 g/mol. The highest BCUT2D eigenvalue weighted by atomic mass is 15.3. The fourth-order valence-corrected chi connectivity index (χ4v) is 5.09. The van der Waals surface area contributed by atoms with E-state index in [0.29, 0.717) is 18.5 Å². The van der Waals surface area contributed by atoms with Gasteiger partial charge < -0.3 is 20.4 Å². The molecule has 0 amide bonds. The Labute approximate surface area is 222 Å². The summed E-state index contributed by atoms with van der Waals surface area (Å²) in [6.45, 7) is 9.19. The van der Waals surface area contributed by atoms with Gasteiger partial charge in [-0.1, -0.05) is 6.08 Å². The largest absolute Gasteiger partial charge is 0.343 e. The van der Waals surface area contributed by atoms with Crippen molar-refractivity contribution in [2.45, 2.75) is 52.5 Å². The second-order valence-electron chi connectivity index (χ2n) is 10.6. The van der Waals surface area contributed by atoms with E-state index in [-0.39, 0.29) is 0 Å². The Morgan fingerprint density at radius 2 is 1.89 bits per heavy atom. The predicted molar refractivity (Wildman–Crippen MR) is 153 cm³/mol. The number of guanidine groups is 1. The van der Waals surface area contributed by atoms with Gasteiger partial charge in [-0.2, -0.15) is 0 Å². The molecular formula is C29H43N8+. The van der Waals surface area contributed by atoms with Crippen LogP contribution in [-0.4, -0.2) is 84.2 Å². The van der Waals surface area contributed by atoms with Crippen LogP contribution in [0, 0.1) is 5.92 Å².